The summed E-state index contributed by atoms with van der Waals surface area (Å²) >= 11 is 5.43. The van der Waals surface area contributed by atoms with Crippen LogP contribution in [-0.2, 0) is 33.3 Å². The number of hydrogen-bond acceptors (Lipinski definition) is 8. The quantitative estimate of drug-likeness (QED) is 0.0854. The maximum absolute atomic E-state index is 10.7. The monoisotopic (exact) mass is 443 g/mol. The summed E-state index contributed by atoms with van der Waals surface area (Å²) in [5.74, 6) is -1.38. The molecular weight excluding hydrogens is 414 g/mol. The van der Waals surface area contributed by atoms with Crippen LogP contribution in [0, 0.1) is 11.3 Å². The average molecular weight is 444 g/mol. The van der Waals surface area contributed by atoms with Gasteiger partial charge in [-0.05, 0) is 19.4 Å². The molecule has 0 bridgehead atoms. The maximum atomic E-state index is 10.7. The molecule has 0 aliphatic heterocycles. The van der Waals surface area contributed by atoms with E-state index in [4.69, 9.17) is 21.6 Å². The Hall–Kier alpha value is -2.89. The van der Waals surface area contributed by atoms with Gasteiger partial charge in [-0.15, -0.1) is 11.6 Å². The van der Waals surface area contributed by atoms with Crippen LogP contribution in [0.2, 0.25) is 0 Å². The van der Waals surface area contributed by atoms with Gasteiger partial charge >= 0.3 is 17.9 Å². The summed E-state index contributed by atoms with van der Waals surface area (Å²) in [6.07, 6.45) is 7.61. The van der Waals surface area contributed by atoms with Crippen LogP contribution in [0.15, 0.2) is 50.3 Å². The molecule has 0 heterocycles. The summed E-state index contributed by atoms with van der Waals surface area (Å²) in [4.78, 5) is 31.4. The minimum absolute atomic E-state index is 0.304. The van der Waals surface area contributed by atoms with Crippen molar-refractivity contribution in [3.8, 4) is 6.07 Å². The lowest BCUT2D eigenvalue weighted by Gasteiger charge is -2.00. The first-order chi connectivity index (χ1) is 14.3. The van der Waals surface area contributed by atoms with Crippen molar-refractivity contribution in [1.29, 1.82) is 5.26 Å². The predicted octanol–water partition coefficient (Wildman–Crippen LogP) is 3.63. The highest BCUT2D eigenvalue weighted by Gasteiger charge is 2.11. The first kappa shape index (κ1) is 31.8. The number of halogens is 1. The number of unbranched alkanes of at least 4 members (excludes halogenated alkanes) is 1. The number of nitriles is 1. The van der Waals surface area contributed by atoms with E-state index in [1.165, 1.54) is 12.2 Å². The van der Waals surface area contributed by atoms with E-state index in [1.54, 1.807) is 6.07 Å². The van der Waals surface area contributed by atoms with E-state index in [0.717, 1.165) is 31.3 Å². The Morgan fingerprint density at radius 1 is 1.03 bits per heavy atom. The second-order valence-corrected chi connectivity index (χ2v) is 5.26. The van der Waals surface area contributed by atoms with Crippen molar-refractivity contribution in [2.24, 2.45) is 0 Å². The molecule has 0 saturated heterocycles. The molecule has 8 nitrogen and oxygen atoms in total. The highest BCUT2D eigenvalue weighted by molar-refractivity contribution is 6.31. The minimum atomic E-state index is -0.923. The lowest BCUT2D eigenvalue weighted by molar-refractivity contribution is -0.139. The molecule has 0 spiro atoms. The maximum Gasteiger partial charge on any atom is 0.332 e. The Bertz CT molecular complexity index is 582. The molecule has 0 amide bonds. The third-order valence-electron chi connectivity index (χ3n) is 2.52. The van der Waals surface area contributed by atoms with Crippen molar-refractivity contribution < 1.29 is 33.3 Å². The van der Waals surface area contributed by atoms with Crippen LogP contribution in [0.1, 0.15) is 26.7 Å². The molecule has 1 atom stereocenters. The van der Waals surface area contributed by atoms with Crippen molar-refractivity contribution >= 4 is 29.5 Å². The van der Waals surface area contributed by atoms with Crippen molar-refractivity contribution in [3.63, 3.8) is 0 Å². The van der Waals surface area contributed by atoms with Gasteiger partial charge in [0.2, 0.25) is 0 Å². The number of rotatable bonds is 12. The number of allylic oxidation sites excluding steroid dienone is 1. The lowest BCUT2D eigenvalue weighted by Crippen LogP contribution is -2.12. The Balaban J connectivity index is -0.000000366. The second kappa shape index (κ2) is 26.1. The number of carbonyl (C=O) groups excluding carboxylic acids is 3. The summed E-state index contributed by atoms with van der Waals surface area (Å²) in [6.45, 7) is 15.5. The summed E-state index contributed by atoms with van der Waals surface area (Å²) < 4.78 is 18.5. The van der Waals surface area contributed by atoms with Crippen LogP contribution < -0.4 is 0 Å². The largest absolute Gasteiger partial charge is 0.463 e. The molecule has 0 aliphatic rings. The highest BCUT2D eigenvalue weighted by atomic mass is 35.5. The zero-order valence-corrected chi connectivity index (χ0v) is 18.3. The molecule has 0 N–H and O–H groups in total. The van der Waals surface area contributed by atoms with Gasteiger partial charge in [0, 0.05) is 24.8 Å². The number of carbonyl (C=O) groups is 3. The van der Waals surface area contributed by atoms with E-state index in [-0.39, 0.29) is 5.97 Å². The fraction of sp³-hybridized carbons (Fsp3) is 0.429. The molecule has 0 aromatic carbocycles. The zero-order valence-electron chi connectivity index (χ0n) is 17.5. The normalized spacial score (nSPS) is 9.93. The van der Waals surface area contributed by atoms with E-state index in [2.05, 4.69) is 33.9 Å². The Kier molecular flexibility index (Phi) is 27.7. The van der Waals surface area contributed by atoms with Gasteiger partial charge in [0.1, 0.15) is 6.61 Å². The van der Waals surface area contributed by atoms with E-state index in [1.807, 2.05) is 13.8 Å². The molecule has 0 aromatic heterocycles. The number of nitrogens with zero attached hydrogens (tertiary/aromatic N) is 1. The first-order valence-corrected chi connectivity index (χ1v) is 9.45. The fourth-order valence-electron chi connectivity index (χ4n) is 1.13. The van der Waals surface area contributed by atoms with Crippen LogP contribution in [0.3, 0.4) is 0 Å². The van der Waals surface area contributed by atoms with Gasteiger partial charge in [0.05, 0.1) is 25.5 Å². The first-order valence-electron chi connectivity index (χ1n) is 9.02. The van der Waals surface area contributed by atoms with Gasteiger partial charge in [-0.25, -0.2) is 14.4 Å². The summed E-state index contributed by atoms with van der Waals surface area (Å²) in [5, 5.41) is 7.14. The van der Waals surface area contributed by atoms with Gasteiger partial charge < -0.3 is 18.9 Å². The predicted molar refractivity (Wildman–Crippen MR) is 114 cm³/mol. The average Bonchev–Trinajstić information content (AvgIpc) is 2.75. The minimum Gasteiger partial charge on any atom is -0.463 e. The molecule has 1 unspecified atom stereocenters. The van der Waals surface area contributed by atoms with Crippen LogP contribution in [0.25, 0.3) is 0 Å². The molecule has 0 rings (SSSR count). The Morgan fingerprint density at radius 2 is 1.60 bits per heavy atom. The third kappa shape index (κ3) is 27.3. The van der Waals surface area contributed by atoms with E-state index in [9.17, 15) is 14.4 Å². The summed E-state index contributed by atoms with van der Waals surface area (Å²) in [6, 6.07) is 1.70. The molecule has 30 heavy (non-hydrogen) atoms. The number of esters is 3. The molecule has 9 heteroatoms. The summed E-state index contributed by atoms with van der Waals surface area (Å²) in [5.41, 5.74) is 0. The Morgan fingerprint density at radius 3 is 2.03 bits per heavy atom. The lowest BCUT2D eigenvalue weighted by atomic mass is 10.4. The van der Waals surface area contributed by atoms with E-state index < -0.39 is 17.3 Å². The molecule has 168 valence electrons. The van der Waals surface area contributed by atoms with Crippen LogP contribution in [0.4, 0.5) is 0 Å². The third-order valence-corrected chi connectivity index (χ3v) is 2.84. The van der Waals surface area contributed by atoms with Crippen LogP contribution in [-0.4, -0.2) is 49.7 Å². The molecule has 0 aliphatic carbocycles. The van der Waals surface area contributed by atoms with Gasteiger partial charge in [-0.1, -0.05) is 33.1 Å². The van der Waals surface area contributed by atoms with Crippen molar-refractivity contribution in [1.82, 2.24) is 0 Å². The van der Waals surface area contributed by atoms with E-state index in [0.29, 0.717) is 26.4 Å². The van der Waals surface area contributed by atoms with E-state index >= 15 is 0 Å². The number of hydrogen-bond donors (Lipinski definition) is 0. The van der Waals surface area contributed by atoms with Gasteiger partial charge in [-0.2, -0.15) is 5.26 Å². The molecular formula is C21H30ClNO7. The second-order valence-electron chi connectivity index (χ2n) is 4.79. The highest BCUT2D eigenvalue weighted by Crippen LogP contribution is 2.00. The molecule has 0 radical (unpaired) electrons. The fourth-order valence-corrected chi connectivity index (χ4v) is 1.26. The standard InChI is InChI=1S/C7H6ClNO2.C7H12O3.C7H12O2/c1-2-11-7(10)6(8)4-3-5-9;1-3-7(8)10-6-5-9-4-2;1-3-5-6-9-7(8)4-2/h2-4,6H,1H2;3H,1,4-6H2,2H3;4H,2-3,5-6H2,1H3. The van der Waals surface area contributed by atoms with Gasteiger partial charge in [-0.3, -0.25) is 0 Å². The Labute approximate surface area is 183 Å². The van der Waals surface area contributed by atoms with Crippen molar-refractivity contribution in [2.45, 2.75) is 32.1 Å². The molecule has 0 fully saturated rings. The topological polar surface area (TPSA) is 112 Å². The van der Waals surface area contributed by atoms with Crippen LogP contribution >= 0.6 is 11.6 Å². The summed E-state index contributed by atoms with van der Waals surface area (Å²) in [7, 11) is 0. The van der Waals surface area contributed by atoms with Crippen molar-refractivity contribution in [3.05, 3.63) is 50.3 Å². The smallest absolute Gasteiger partial charge is 0.332 e. The van der Waals surface area contributed by atoms with Crippen LogP contribution in [0.5, 0.6) is 0 Å². The molecule has 0 saturated carbocycles. The number of alkyl halides is 1. The van der Waals surface area contributed by atoms with Crippen molar-refractivity contribution in [2.75, 3.05) is 26.4 Å². The molecule has 0 aromatic rings. The van der Waals surface area contributed by atoms with Gasteiger partial charge in [0.25, 0.3) is 0 Å². The number of ether oxygens (including phenoxy) is 4. The van der Waals surface area contributed by atoms with Gasteiger partial charge in [0.15, 0.2) is 5.38 Å². The SMILES string of the molecule is C=CC(=O)OCCCC.C=CC(=O)OCCOCC.C=COC(=O)C(Cl)C=CC#N. The zero-order chi connectivity index (χ0) is 23.6.